The second kappa shape index (κ2) is 8.13. The molecule has 0 spiro atoms. The highest BCUT2D eigenvalue weighted by molar-refractivity contribution is 5.89. The van der Waals surface area contributed by atoms with Crippen molar-refractivity contribution in [2.45, 2.75) is 0 Å². The number of aromatic nitrogens is 2. The van der Waals surface area contributed by atoms with Gasteiger partial charge in [0.05, 0.1) is 16.5 Å². The van der Waals surface area contributed by atoms with Crippen LogP contribution in [0.25, 0.3) is 11.4 Å². The van der Waals surface area contributed by atoms with Crippen molar-refractivity contribution < 1.29 is 9.45 Å². The number of hydrogen-bond donors (Lipinski definition) is 0. The van der Waals surface area contributed by atoms with E-state index in [1.165, 1.54) is 5.01 Å². The van der Waals surface area contributed by atoms with E-state index in [0.717, 1.165) is 0 Å². The molecular weight excluding hydrogens is 370 g/mol. The van der Waals surface area contributed by atoms with E-state index < -0.39 is 10.8 Å². The lowest BCUT2D eigenvalue weighted by Gasteiger charge is -2.13. The fraction of sp³-hybridized carbons (Fsp3) is 0. The topological polar surface area (TPSA) is 97.7 Å². The van der Waals surface area contributed by atoms with Crippen molar-refractivity contribution in [3.05, 3.63) is 107 Å². The van der Waals surface area contributed by atoms with Crippen LogP contribution < -0.4 is 5.01 Å². The third-order valence-electron chi connectivity index (χ3n) is 4.02. The summed E-state index contributed by atoms with van der Waals surface area (Å²) in [6.07, 6.45) is 0. The van der Waals surface area contributed by atoms with Crippen LogP contribution in [0.2, 0.25) is 0 Å². The molecule has 0 N–H and O–H groups in total. The summed E-state index contributed by atoms with van der Waals surface area (Å²) in [5.41, 5.74) is 2.00. The van der Waals surface area contributed by atoms with Gasteiger partial charge in [-0.3, -0.25) is 0 Å². The minimum absolute atomic E-state index is 0.251. The van der Waals surface area contributed by atoms with Crippen LogP contribution in [-0.2, 0) is 0 Å². The van der Waals surface area contributed by atoms with Crippen molar-refractivity contribution in [2.24, 2.45) is 5.10 Å². The number of rotatable bonds is 5. The van der Waals surface area contributed by atoms with Crippen LogP contribution in [0.4, 0.5) is 11.4 Å². The minimum atomic E-state index is -0.638. The van der Waals surface area contributed by atoms with E-state index in [0.29, 0.717) is 16.9 Å². The summed E-state index contributed by atoms with van der Waals surface area (Å²) in [7, 11) is 0. The first-order valence-electron chi connectivity index (χ1n) is 8.75. The monoisotopic (exact) mass is 385 g/mol. The molecule has 29 heavy (non-hydrogen) atoms. The molecule has 0 atom stereocenters. The van der Waals surface area contributed by atoms with Crippen LogP contribution in [0.5, 0.6) is 0 Å². The van der Waals surface area contributed by atoms with Crippen molar-refractivity contribution in [1.82, 2.24) is 10.1 Å². The SMILES string of the molecule is O=[N+]([O-])/C(=N\N(c1ccccc1)c1ccccc1)c1nc(-c2ccccc2)no1. The fourth-order valence-electron chi connectivity index (χ4n) is 2.67. The Morgan fingerprint density at radius 1 is 0.862 bits per heavy atom. The first kappa shape index (κ1) is 18.1. The van der Waals surface area contributed by atoms with E-state index in [1.807, 2.05) is 54.6 Å². The Bertz CT molecular complexity index is 1090. The molecule has 0 bridgehead atoms. The Labute approximate surface area is 165 Å². The molecule has 0 radical (unpaired) electrons. The lowest BCUT2D eigenvalue weighted by Crippen LogP contribution is -2.20. The molecule has 3 aromatic carbocycles. The highest BCUT2D eigenvalue weighted by Crippen LogP contribution is 2.26. The predicted octanol–water partition coefficient (Wildman–Crippen LogP) is 4.51. The summed E-state index contributed by atoms with van der Waals surface area (Å²) in [6, 6.07) is 27.3. The van der Waals surface area contributed by atoms with Gasteiger partial charge in [-0.2, -0.15) is 4.98 Å². The summed E-state index contributed by atoms with van der Waals surface area (Å²) in [6.45, 7) is 0. The summed E-state index contributed by atoms with van der Waals surface area (Å²) in [4.78, 5) is 15.3. The minimum Gasteiger partial charge on any atom is -0.358 e. The summed E-state index contributed by atoms with van der Waals surface area (Å²) in [5.74, 6) is -0.570. The van der Waals surface area contributed by atoms with Crippen molar-refractivity contribution in [2.75, 3.05) is 5.01 Å². The maximum Gasteiger partial charge on any atom is 0.454 e. The Balaban J connectivity index is 1.79. The second-order valence-corrected chi connectivity index (χ2v) is 5.95. The van der Waals surface area contributed by atoms with E-state index in [4.69, 9.17) is 4.52 Å². The number of para-hydroxylation sites is 2. The zero-order valence-electron chi connectivity index (χ0n) is 15.1. The molecule has 0 aliphatic carbocycles. The molecule has 1 heterocycles. The fourth-order valence-corrected chi connectivity index (χ4v) is 2.67. The zero-order chi connectivity index (χ0) is 20.1. The average molecular weight is 385 g/mol. The van der Waals surface area contributed by atoms with Gasteiger partial charge in [0, 0.05) is 5.56 Å². The number of nitro groups is 1. The number of benzene rings is 3. The number of hydrazone groups is 1. The number of amidine groups is 1. The quantitative estimate of drug-likeness (QED) is 0.217. The van der Waals surface area contributed by atoms with Crippen molar-refractivity contribution in [1.29, 1.82) is 0 Å². The molecule has 4 rings (SSSR count). The van der Waals surface area contributed by atoms with Crippen LogP contribution in [0, 0.1) is 10.1 Å². The normalized spacial score (nSPS) is 11.2. The molecule has 142 valence electrons. The van der Waals surface area contributed by atoms with E-state index in [-0.39, 0.29) is 11.7 Å². The van der Waals surface area contributed by atoms with Crippen LogP contribution in [0.3, 0.4) is 0 Å². The molecule has 0 aliphatic heterocycles. The van der Waals surface area contributed by atoms with Crippen LogP contribution in [-0.4, -0.2) is 20.9 Å². The number of hydrogen-bond acceptors (Lipinski definition) is 7. The van der Waals surface area contributed by atoms with Gasteiger partial charge in [-0.25, -0.2) is 0 Å². The molecule has 1 aromatic heterocycles. The molecule has 0 saturated carbocycles. The first-order chi connectivity index (χ1) is 14.2. The summed E-state index contributed by atoms with van der Waals surface area (Å²) >= 11 is 0. The van der Waals surface area contributed by atoms with Gasteiger partial charge in [0.2, 0.25) is 5.82 Å². The highest BCUT2D eigenvalue weighted by atomic mass is 16.6. The van der Waals surface area contributed by atoms with Crippen LogP contribution in [0.1, 0.15) is 5.89 Å². The van der Waals surface area contributed by atoms with E-state index in [1.54, 1.807) is 36.4 Å². The third-order valence-corrected chi connectivity index (χ3v) is 4.02. The average Bonchev–Trinajstić information content (AvgIpc) is 3.26. The standard InChI is InChI=1S/C21H15N5O3/c27-26(28)20(21-22-19(24-29-21)16-10-4-1-5-11-16)23-25(17-12-6-2-7-13-17)18-14-8-3-9-15-18/h1-15H/b23-20-. The van der Waals surface area contributed by atoms with E-state index in [9.17, 15) is 10.1 Å². The highest BCUT2D eigenvalue weighted by Gasteiger charge is 2.28. The maximum atomic E-state index is 11.8. The van der Waals surface area contributed by atoms with Crippen LogP contribution >= 0.6 is 0 Å². The molecule has 8 heteroatoms. The molecule has 8 nitrogen and oxygen atoms in total. The summed E-state index contributed by atoms with van der Waals surface area (Å²) < 4.78 is 5.15. The smallest absolute Gasteiger partial charge is 0.358 e. The van der Waals surface area contributed by atoms with Crippen LogP contribution in [0.15, 0.2) is 101 Å². The predicted molar refractivity (Wildman–Crippen MR) is 108 cm³/mol. The lowest BCUT2D eigenvalue weighted by molar-refractivity contribution is -0.350. The van der Waals surface area contributed by atoms with Gasteiger partial charge in [0.25, 0.3) is 0 Å². The van der Waals surface area contributed by atoms with Gasteiger partial charge in [0.1, 0.15) is 0 Å². The summed E-state index contributed by atoms with van der Waals surface area (Å²) in [5, 5.41) is 21.3. The lowest BCUT2D eigenvalue weighted by atomic mass is 10.2. The first-order valence-corrected chi connectivity index (χ1v) is 8.75. The van der Waals surface area contributed by atoms with Gasteiger partial charge in [-0.05, 0) is 29.2 Å². The van der Waals surface area contributed by atoms with Gasteiger partial charge in [-0.15, -0.1) is 5.01 Å². The Morgan fingerprint density at radius 2 is 1.38 bits per heavy atom. The van der Waals surface area contributed by atoms with Gasteiger partial charge < -0.3 is 14.6 Å². The Kier molecular flexibility index (Phi) is 5.06. The van der Waals surface area contributed by atoms with E-state index >= 15 is 0 Å². The zero-order valence-corrected chi connectivity index (χ0v) is 15.1. The molecule has 0 saturated heterocycles. The van der Waals surface area contributed by atoms with E-state index in [2.05, 4.69) is 15.2 Å². The Hall–Kier alpha value is -4.33. The van der Waals surface area contributed by atoms with Crippen molar-refractivity contribution in [3.63, 3.8) is 0 Å². The third kappa shape index (κ3) is 4.01. The molecule has 0 amide bonds. The van der Waals surface area contributed by atoms with Crippen molar-refractivity contribution in [3.8, 4) is 11.4 Å². The molecular formula is C21H15N5O3. The van der Waals surface area contributed by atoms with Gasteiger partial charge in [0.15, 0.2) is 0 Å². The number of nitrogens with zero attached hydrogens (tertiary/aromatic N) is 5. The maximum absolute atomic E-state index is 11.8. The molecule has 0 unspecified atom stereocenters. The number of anilines is 2. The Morgan fingerprint density at radius 3 is 1.90 bits per heavy atom. The molecule has 4 aromatic rings. The molecule has 0 aliphatic rings. The van der Waals surface area contributed by atoms with Crippen molar-refractivity contribution >= 4 is 17.2 Å². The van der Waals surface area contributed by atoms with Gasteiger partial charge >= 0.3 is 11.7 Å². The largest absolute Gasteiger partial charge is 0.454 e. The van der Waals surface area contributed by atoms with Gasteiger partial charge in [-0.1, -0.05) is 71.9 Å². The molecule has 0 fully saturated rings. The second-order valence-electron chi connectivity index (χ2n) is 5.95.